The van der Waals surface area contributed by atoms with E-state index in [-0.39, 0.29) is 16.9 Å². The molecule has 0 radical (unpaired) electrons. The third-order valence-electron chi connectivity index (χ3n) is 3.54. The van der Waals surface area contributed by atoms with Crippen LogP contribution in [0.1, 0.15) is 18.9 Å². The summed E-state index contributed by atoms with van der Waals surface area (Å²) >= 11 is 0. The maximum Gasteiger partial charge on any atom is 0.243 e. The zero-order valence-electron chi connectivity index (χ0n) is 10.8. The number of nitrogens with zero attached hydrogens (tertiary/aromatic N) is 2. The molecule has 1 aliphatic heterocycles. The lowest BCUT2D eigenvalue weighted by Crippen LogP contribution is -2.48. The van der Waals surface area contributed by atoms with E-state index in [9.17, 15) is 8.42 Å². The first-order chi connectivity index (χ1) is 8.95. The van der Waals surface area contributed by atoms with Crippen LogP contribution in [0.5, 0.6) is 0 Å². The standard InChI is InChI=1S/C13H17N3O2S/c1-10-9-16(6-5-13(10)15)19(17,18)12-4-2-3-11(7-12)8-14/h2-4,7,10,13H,5-6,9,15H2,1H3. The Morgan fingerprint density at radius 1 is 1.47 bits per heavy atom. The summed E-state index contributed by atoms with van der Waals surface area (Å²) in [5.41, 5.74) is 6.25. The number of rotatable bonds is 2. The minimum atomic E-state index is -3.52. The summed E-state index contributed by atoms with van der Waals surface area (Å²) in [7, 11) is -3.52. The third-order valence-corrected chi connectivity index (χ3v) is 5.40. The minimum absolute atomic E-state index is 0.0527. The van der Waals surface area contributed by atoms with Gasteiger partial charge in [0.05, 0.1) is 16.5 Å². The van der Waals surface area contributed by atoms with E-state index >= 15 is 0 Å². The van der Waals surface area contributed by atoms with E-state index in [1.54, 1.807) is 12.1 Å². The van der Waals surface area contributed by atoms with Gasteiger partial charge in [-0.05, 0) is 30.5 Å². The predicted molar refractivity (Wildman–Crippen MR) is 71.7 cm³/mol. The molecule has 5 nitrogen and oxygen atoms in total. The van der Waals surface area contributed by atoms with E-state index in [1.807, 2.05) is 13.0 Å². The van der Waals surface area contributed by atoms with Gasteiger partial charge in [-0.15, -0.1) is 0 Å². The molecule has 0 saturated carbocycles. The molecule has 0 aromatic heterocycles. The number of hydrogen-bond acceptors (Lipinski definition) is 4. The first-order valence-corrected chi connectivity index (χ1v) is 7.65. The normalized spacial score (nSPS) is 24.9. The van der Waals surface area contributed by atoms with Gasteiger partial charge < -0.3 is 5.73 Å². The van der Waals surface area contributed by atoms with Crippen molar-refractivity contribution in [1.29, 1.82) is 5.26 Å². The van der Waals surface area contributed by atoms with Crippen LogP contribution in [0.25, 0.3) is 0 Å². The van der Waals surface area contributed by atoms with Crippen LogP contribution in [0.2, 0.25) is 0 Å². The van der Waals surface area contributed by atoms with Gasteiger partial charge in [0.25, 0.3) is 0 Å². The molecule has 0 aliphatic carbocycles. The monoisotopic (exact) mass is 279 g/mol. The van der Waals surface area contributed by atoms with Crippen molar-refractivity contribution in [2.45, 2.75) is 24.3 Å². The molecular formula is C13H17N3O2S. The molecule has 2 unspecified atom stereocenters. The number of sulfonamides is 1. The Hall–Kier alpha value is -1.42. The molecule has 2 N–H and O–H groups in total. The highest BCUT2D eigenvalue weighted by atomic mass is 32.2. The average molecular weight is 279 g/mol. The zero-order valence-corrected chi connectivity index (χ0v) is 11.6. The lowest BCUT2D eigenvalue weighted by atomic mass is 9.96. The van der Waals surface area contributed by atoms with E-state index in [0.717, 1.165) is 0 Å². The number of benzene rings is 1. The fourth-order valence-corrected chi connectivity index (χ4v) is 3.82. The van der Waals surface area contributed by atoms with Crippen molar-refractivity contribution in [3.63, 3.8) is 0 Å². The van der Waals surface area contributed by atoms with Gasteiger partial charge in [-0.1, -0.05) is 13.0 Å². The minimum Gasteiger partial charge on any atom is -0.327 e. The SMILES string of the molecule is CC1CN(S(=O)(=O)c2cccc(C#N)c2)CCC1N. The summed E-state index contributed by atoms with van der Waals surface area (Å²) in [6.07, 6.45) is 0.665. The lowest BCUT2D eigenvalue weighted by molar-refractivity contribution is 0.250. The largest absolute Gasteiger partial charge is 0.327 e. The summed E-state index contributed by atoms with van der Waals surface area (Å²) in [4.78, 5) is 0.175. The zero-order chi connectivity index (χ0) is 14.0. The Morgan fingerprint density at radius 2 is 2.21 bits per heavy atom. The second-order valence-corrected chi connectivity index (χ2v) is 6.87. The second kappa shape index (κ2) is 5.29. The van der Waals surface area contributed by atoms with Crippen molar-refractivity contribution < 1.29 is 8.42 Å². The van der Waals surface area contributed by atoms with Crippen molar-refractivity contribution in [1.82, 2.24) is 4.31 Å². The van der Waals surface area contributed by atoms with Crippen molar-refractivity contribution in [2.75, 3.05) is 13.1 Å². The lowest BCUT2D eigenvalue weighted by Gasteiger charge is -2.34. The van der Waals surface area contributed by atoms with Crippen LogP contribution in [0.3, 0.4) is 0 Å². The predicted octanol–water partition coefficient (Wildman–Crippen LogP) is 0.916. The number of nitriles is 1. The molecule has 19 heavy (non-hydrogen) atoms. The van der Waals surface area contributed by atoms with Crippen molar-refractivity contribution >= 4 is 10.0 Å². The van der Waals surface area contributed by atoms with E-state index in [4.69, 9.17) is 11.0 Å². The van der Waals surface area contributed by atoms with E-state index in [0.29, 0.717) is 25.1 Å². The Balaban J connectivity index is 2.30. The van der Waals surface area contributed by atoms with Crippen LogP contribution in [0.4, 0.5) is 0 Å². The smallest absolute Gasteiger partial charge is 0.243 e. The van der Waals surface area contributed by atoms with Gasteiger partial charge in [-0.25, -0.2) is 8.42 Å². The number of nitrogens with two attached hydrogens (primary N) is 1. The van der Waals surface area contributed by atoms with Gasteiger partial charge in [0.15, 0.2) is 0 Å². The summed E-state index contributed by atoms with van der Waals surface area (Å²) in [6.45, 7) is 2.82. The van der Waals surface area contributed by atoms with E-state index in [1.165, 1.54) is 16.4 Å². The van der Waals surface area contributed by atoms with Crippen molar-refractivity contribution in [2.24, 2.45) is 11.7 Å². The van der Waals surface area contributed by atoms with E-state index in [2.05, 4.69) is 0 Å². The molecule has 2 atom stereocenters. The van der Waals surface area contributed by atoms with Gasteiger partial charge >= 0.3 is 0 Å². The topological polar surface area (TPSA) is 87.2 Å². The molecule has 1 aliphatic rings. The van der Waals surface area contributed by atoms with Crippen LogP contribution >= 0.6 is 0 Å². The molecule has 0 amide bonds. The second-order valence-electron chi connectivity index (χ2n) is 4.93. The maximum absolute atomic E-state index is 12.5. The summed E-state index contributed by atoms with van der Waals surface area (Å²) < 4.78 is 26.4. The molecule has 1 aromatic rings. The van der Waals surface area contributed by atoms with Gasteiger partial charge in [0.1, 0.15) is 0 Å². The third kappa shape index (κ3) is 2.78. The number of piperidine rings is 1. The highest BCUT2D eigenvalue weighted by Gasteiger charge is 2.31. The van der Waals surface area contributed by atoms with Crippen LogP contribution in [-0.4, -0.2) is 31.9 Å². The van der Waals surface area contributed by atoms with Crippen molar-refractivity contribution in [3.05, 3.63) is 29.8 Å². The molecular weight excluding hydrogens is 262 g/mol. The molecule has 0 spiro atoms. The Morgan fingerprint density at radius 3 is 2.84 bits per heavy atom. The molecule has 0 bridgehead atoms. The maximum atomic E-state index is 12.5. The van der Waals surface area contributed by atoms with Gasteiger partial charge in [0.2, 0.25) is 10.0 Å². The van der Waals surface area contributed by atoms with Gasteiger partial charge in [-0.2, -0.15) is 9.57 Å². The summed E-state index contributed by atoms with van der Waals surface area (Å²) in [5, 5.41) is 8.84. The van der Waals surface area contributed by atoms with E-state index < -0.39 is 10.0 Å². The Bertz CT molecular complexity index is 607. The van der Waals surface area contributed by atoms with Crippen LogP contribution < -0.4 is 5.73 Å². The quantitative estimate of drug-likeness (QED) is 0.872. The highest BCUT2D eigenvalue weighted by Crippen LogP contribution is 2.23. The molecule has 1 heterocycles. The molecule has 1 saturated heterocycles. The molecule has 1 aromatic carbocycles. The fourth-order valence-electron chi connectivity index (χ4n) is 2.22. The van der Waals surface area contributed by atoms with Crippen LogP contribution in [0.15, 0.2) is 29.2 Å². The fraction of sp³-hybridized carbons (Fsp3) is 0.462. The average Bonchev–Trinajstić information content (AvgIpc) is 2.41. The van der Waals surface area contributed by atoms with Gasteiger partial charge in [0, 0.05) is 19.1 Å². The van der Waals surface area contributed by atoms with Crippen molar-refractivity contribution in [3.8, 4) is 6.07 Å². The summed E-state index contributed by atoms with van der Waals surface area (Å²) in [6, 6.07) is 8.12. The van der Waals surface area contributed by atoms with Crippen LogP contribution in [0, 0.1) is 17.2 Å². The molecule has 6 heteroatoms. The van der Waals surface area contributed by atoms with Crippen LogP contribution in [-0.2, 0) is 10.0 Å². The molecule has 1 fully saturated rings. The first-order valence-electron chi connectivity index (χ1n) is 6.21. The summed E-state index contributed by atoms with van der Waals surface area (Å²) in [5.74, 6) is 0.141. The molecule has 2 rings (SSSR count). The van der Waals surface area contributed by atoms with Gasteiger partial charge in [-0.3, -0.25) is 0 Å². The highest BCUT2D eigenvalue weighted by molar-refractivity contribution is 7.89. The first kappa shape index (κ1) is 14.0. The Kier molecular flexibility index (Phi) is 3.90. The molecule has 102 valence electrons. The Labute approximate surface area is 113 Å². The number of hydrogen-bond donors (Lipinski definition) is 1.